The van der Waals surface area contributed by atoms with Crippen molar-refractivity contribution in [3.8, 4) is 26.9 Å². The van der Waals surface area contributed by atoms with Crippen LogP contribution in [0.3, 0.4) is 0 Å². The lowest BCUT2D eigenvalue weighted by Gasteiger charge is -2.16. The predicted molar refractivity (Wildman–Crippen MR) is 120 cm³/mol. The number of aryl methyl sites for hydroxylation is 2. The summed E-state index contributed by atoms with van der Waals surface area (Å²) in [5, 5.41) is 13.2. The zero-order valence-corrected chi connectivity index (χ0v) is 18.4. The Morgan fingerprint density at radius 1 is 1.20 bits per heavy atom. The predicted octanol–water partition coefficient (Wildman–Crippen LogP) is 5.30. The maximum Gasteiger partial charge on any atom is 0.221 e. The van der Waals surface area contributed by atoms with Gasteiger partial charge in [0.2, 0.25) is 5.91 Å². The molecule has 3 rings (SSSR count). The second kappa shape index (κ2) is 9.63. The van der Waals surface area contributed by atoms with Gasteiger partial charge in [-0.1, -0.05) is 42.9 Å². The Morgan fingerprint density at radius 2 is 1.97 bits per heavy atom. The van der Waals surface area contributed by atoms with E-state index in [0.717, 1.165) is 57.8 Å². The van der Waals surface area contributed by atoms with Gasteiger partial charge in [0, 0.05) is 18.1 Å². The molecule has 2 aromatic carbocycles. The molecule has 0 aliphatic rings. The number of amides is 1. The van der Waals surface area contributed by atoms with Crippen molar-refractivity contribution in [3.05, 3.63) is 47.0 Å². The molecule has 1 aromatic heterocycles. The van der Waals surface area contributed by atoms with E-state index >= 15 is 0 Å². The summed E-state index contributed by atoms with van der Waals surface area (Å²) >= 11 is 1.47. The smallest absolute Gasteiger partial charge is 0.221 e. The normalized spacial score (nSPS) is 10.7. The van der Waals surface area contributed by atoms with Crippen LogP contribution in [0.4, 0.5) is 5.69 Å². The quantitative estimate of drug-likeness (QED) is 0.497. The van der Waals surface area contributed by atoms with Gasteiger partial charge < -0.3 is 10.1 Å². The highest BCUT2D eigenvalue weighted by Gasteiger charge is 2.21. The van der Waals surface area contributed by atoms with Crippen molar-refractivity contribution in [1.82, 2.24) is 10.2 Å². The molecular weight excluding hydrogens is 398 g/mol. The van der Waals surface area contributed by atoms with E-state index in [2.05, 4.69) is 22.4 Å². The first-order valence-corrected chi connectivity index (χ1v) is 10.7. The van der Waals surface area contributed by atoms with Crippen LogP contribution in [0.1, 0.15) is 48.2 Å². The minimum atomic E-state index is -0.163. The molecule has 0 radical (unpaired) electrons. The van der Waals surface area contributed by atoms with Crippen molar-refractivity contribution in [2.45, 2.75) is 40.0 Å². The Kier molecular flexibility index (Phi) is 6.95. The monoisotopic (exact) mass is 423 g/mol. The van der Waals surface area contributed by atoms with Crippen molar-refractivity contribution < 1.29 is 14.3 Å². The molecule has 0 bridgehead atoms. The van der Waals surface area contributed by atoms with Gasteiger partial charge in [0.25, 0.3) is 0 Å². The second-order valence-electron chi connectivity index (χ2n) is 7.07. The van der Waals surface area contributed by atoms with E-state index in [0.29, 0.717) is 17.0 Å². The van der Waals surface area contributed by atoms with Crippen molar-refractivity contribution in [1.29, 1.82) is 0 Å². The first kappa shape index (κ1) is 21.6. The first-order chi connectivity index (χ1) is 14.5. The van der Waals surface area contributed by atoms with Crippen molar-refractivity contribution in [3.63, 3.8) is 0 Å². The van der Waals surface area contributed by atoms with Crippen LogP contribution < -0.4 is 10.1 Å². The zero-order chi connectivity index (χ0) is 21.7. The van der Waals surface area contributed by atoms with Gasteiger partial charge in [-0.25, -0.2) is 0 Å². The highest BCUT2D eigenvalue weighted by atomic mass is 32.1. The van der Waals surface area contributed by atoms with Crippen LogP contribution in [0.2, 0.25) is 0 Å². The third kappa shape index (κ3) is 4.57. The number of hydrogen-bond acceptors (Lipinski definition) is 6. The number of aromatic nitrogens is 2. The maximum atomic E-state index is 11.6. The Balaban J connectivity index is 2.12. The van der Waals surface area contributed by atoms with Crippen molar-refractivity contribution >= 4 is 29.2 Å². The van der Waals surface area contributed by atoms with Gasteiger partial charge in [0.05, 0.1) is 18.4 Å². The van der Waals surface area contributed by atoms with Crippen LogP contribution in [0, 0.1) is 6.92 Å². The van der Waals surface area contributed by atoms with Gasteiger partial charge in [-0.2, -0.15) is 0 Å². The Labute approximate surface area is 180 Å². The number of ether oxygens (including phenoxy) is 1. The lowest BCUT2D eigenvalue weighted by molar-refractivity contribution is -0.114. The molecule has 1 heterocycles. The van der Waals surface area contributed by atoms with Crippen molar-refractivity contribution in [2.75, 3.05) is 12.4 Å². The summed E-state index contributed by atoms with van der Waals surface area (Å²) in [4.78, 5) is 22.7. The van der Waals surface area contributed by atoms with Crippen LogP contribution in [0.25, 0.3) is 21.1 Å². The molecule has 0 saturated heterocycles. The molecular formula is C23H25N3O3S. The largest absolute Gasteiger partial charge is 0.494 e. The molecule has 0 aliphatic heterocycles. The number of rotatable bonds is 8. The summed E-state index contributed by atoms with van der Waals surface area (Å²) in [5.41, 5.74) is 5.13. The molecule has 1 amide bonds. The van der Waals surface area contributed by atoms with E-state index in [1.807, 2.05) is 31.2 Å². The molecule has 0 spiro atoms. The number of hydrogen-bond donors (Lipinski definition) is 1. The maximum absolute atomic E-state index is 11.6. The highest BCUT2D eigenvalue weighted by molar-refractivity contribution is 7.18. The van der Waals surface area contributed by atoms with Gasteiger partial charge in [-0.15, -0.1) is 10.2 Å². The summed E-state index contributed by atoms with van der Waals surface area (Å²) < 4.78 is 5.71. The third-order valence-corrected chi connectivity index (χ3v) is 5.79. The van der Waals surface area contributed by atoms with Gasteiger partial charge in [0.1, 0.15) is 11.3 Å². The number of nitrogens with zero attached hydrogens (tertiary/aromatic N) is 2. The van der Waals surface area contributed by atoms with Crippen molar-refractivity contribution in [2.24, 2.45) is 0 Å². The van der Waals surface area contributed by atoms with E-state index in [9.17, 15) is 9.59 Å². The summed E-state index contributed by atoms with van der Waals surface area (Å²) in [5.74, 6) is 0.430. The zero-order valence-electron chi connectivity index (χ0n) is 17.6. The number of unbranched alkanes of at least 4 members (excludes halogenated alkanes) is 1. The number of nitrogens with one attached hydrogen (secondary N) is 1. The summed E-state index contributed by atoms with van der Waals surface area (Å²) in [6, 6.07) is 9.41. The molecule has 30 heavy (non-hydrogen) atoms. The van der Waals surface area contributed by atoms with E-state index in [1.54, 1.807) is 13.2 Å². The Bertz CT molecular complexity index is 1080. The molecule has 1 N–H and O–H groups in total. The average Bonchev–Trinajstić information content (AvgIpc) is 3.21. The van der Waals surface area contributed by atoms with Gasteiger partial charge >= 0.3 is 0 Å². The SMILES string of the molecule is CCCCc1ccc(NC(C)=O)c(OC)c1-c1nnc(-c2ccc(C=O)cc2C)s1. The number of carbonyl (C=O) groups excluding carboxylic acids is 2. The van der Waals surface area contributed by atoms with Gasteiger partial charge in [-0.3, -0.25) is 9.59 Å². The van der Waals surface area contributed by atoms with E-state index in [1.165, 1.54) is 18.3 Å². The van der Waals surface area contributed by atoms with Crippen LogP contribution in [-0.4, -0.2) is 29.5 Å². The first-order valence-electron chi connectivity index (χ1n) is 9.86. The number of aldehydes is 1. The molecule has 7 heteroatoms. The van der Waals surface area contributed by atoms with E-state index in [-0.39, 0.29) is 5.91 Å². The number of anilines is 1. The summed E-state index contributed by atoms with van der Waals surface area (Å²) in [6.45, 7) is 5.57. The second-order valence-corrected chi connectivity index (χ2v) is 8.05. The molecule has 0 fully saturated rings. The fourth-order valence-electron chi connectivity index (χ4n) is 3.37. The lowest BCUT2D eigenvalue weighted by atomic mass is 10.00. The minimum absolute atomic E-state index is 0.163. The molecule has 0 atom stereocenters. The number of methoxy groups -OCH3 is 1. The molecule has 0 saturated carbocycles. The molecule has 0 aliphatic carbocycles. The number of benzene rings is 2. The van der Waals surface area contributed by atoms with E-state index < -0.39 is 0 Å². The third-order valence-electron chi connectivity index (χ3n) is 4.81. The number of carbonyl (C=O) groups is 2. The summed E-state index contributed by atoms with van der Waals surface area (Å²) in [6.07, 6.45) is 3.82. The van der Waals surface area contributed by atoms with E-state index in [4.69, 9.17) is 4.74 Å². The Hall–Kier alpha value is -3.06. The fraction of sp³-hybridized carbons (Fsp3) is 0.304. The van der Waals surface area contributed by atoms with Crippen LogP contribution >= 0.6 is 11.3 Å². The van der Waals surface area contributed by atoms with Crippen LogP contribution in [0.5, 0.6) is 5.75 Å². The standard InChI is InChI=1S/C23H25N3O3S/c1-5-6-7-17-9-11-19(24-15(3)28)21(29-4)20(17)23-26-25-22(30-23)18-10-8-16(13-27)12-14(18)2/h8-13H,5-7H2,1-4H3,(H,24,28). The molecule has 156 valence electrons. The Morgan fingerprint density at radius 3 is 2.60 bits per heavy atom. The topological polar surface area (TPSA) is 81.2 Å². The van der Waals surface area contributed by atoms with Gasteiger partial charge in [0.15, 0.2) is 10.8 Å². The summed E-state index contributed by atoms with van der Waals surface area (Å²) in [7, 11) is 1.60. The molecule has 0 unspecified atom stereocenters. The van der Waals surface area contributed by atoms with Gasteiger partial charge in [-0.05, 0) is 43.0 Å². The lowest BCUT2D eigenvalue weighted by Crippen LogP contribution is -2.08. The minimum Gasteiger partial charge on any atom is -0.494 e. The van der Waals surface area contributed by atoms with Crippen LogP contribution in [0.15, 0.2) is 30.3 Å². The average molecular weight is 424 g/mol. The fourth-order valence-corrected chi connectivity index (χ4v) is 4.38. The molecule has 6 nitrogen and oxygen atoms in total. The van der Waals surface area contributed by atoms with Crippen LogP contribution in [-0.2, 0) is 11.2 Å². The molecule has 3 aromatic rings. The highest BCUT2D eigenvalue weighted by Crippen LogP contribution is 2.42.